The molecule has 0 heterocycles. The number of halogens is 4. The molecule has 0 saturated heterocycles. The molecule has 1 atom stereocenters. The zero-order valence-electron chi connectivity index (χ0n) is 9.42. The number of hydrogen-bond donors (Lipinski definition) is 1. The summed E-state index contributed by atoms with van der Waals surface area (Å²) in [4.78, 5) is 10.9. The Kier molecular flexibility index (Phi) is 4.15. The van der Waals surface area contributed by atoms with E-state index in [2.05, 4.69) is 0 Å². The lowest BCUT2D eigenvalue weighted by molar-refractivity contribution is -0.140. The van der Waals surface area contributed by atoms with Crippen LogP contribution in [0.15, 0.2) is 18.2 Å². The van der Waals surface area contributed by atoms with E-state index in [9.17, 15) is 22.4 Å². The fourth-order valence-electron chi connectivity index (χ4n) is 1.30. The third-order valence-corrected chi connectivity index (χ3v) is 2.21. The summed E-state index contributed by atoms with van der Waals surface area (Å²) >= 11 is 0. The van der Waals surface area contributed by atoms with Gasteiger partial charge in [0.2, 0.25) is 0 Å². The van der Waals surface area contributed by atoms with Crippen molar-refractivity contribution in [3.05, 3.63) is 29.6 Å². The molecule has 1 rings (SSSR count). The van der Waals surface area contributed by atoms with E-state index in [1.165, 1.54) is 0 Å². The zero-order chi connectivity index (χ0) is 13.9. The van der Waals surface area contributed by atoms with Crippen molar-refractivity contribution in [3.8, 4) is 5.75 Å². The van der Waals surface area contributed by atoms with Gasteiger partial charge in [-0.1, -0.05) is 6.92 Å². The summed E-state index contributed by atoms with van der Waals surface area (Å²) in [5.41, 5.74) is 3.54. The number of nitrogens with two attached hydrogens (primary N) is 1. The first-order valence-corrected chi connectivity index (χ1v) is 5.08. The first-order valence-electron chi connectivity index (χ1n) is 5.08. The molecule has 18 heavy (non-hydrogen) atoms. The SMILES string of the molecule is CCC(Oc1ccc(F)c(C(F)(F)F)c1)C(N)=O. The maximum absolute atomic E-state index is 13.0. The summed E-state index contributed by atoms with van der Waals surface area (Å²) in [5, 5.41) is 0. The van der Waals surface area contributed by atoms with Gasteiger partial charge in [-0.25, -0.2) is 4.39 Å². The lowest BCUT2D eigenvalue weighted by atomic mass is 10.2. The second-order valence-corrected chi connectivity index (χ2v) is 3.56. The Morgan fingerprint density at radius 2 is 2.06 bits per heavy atom. The van der Waals surface area contributed by atoms with Crippen LogP contribution in [0.3, 0.4) is 0 Å². The van der Waals surface area contributed by atoms with Gasteiger partial charge in [0.15, 0.2) is 6.10 Å². The monoisotopic (exact) mass is 265 g/mol. The standard InChI is InChI=1S/C11H11F4NO2/c1-2-9(10(16)17)18-6-3-4-8(12)7(5-6)11(13,14)15/h3-5,9H,2H2,1H3,(H2,16,17). The zero-order valence-corrected chi connectivity index (χ0v) is 9.42. The van der Waals surface area contributed by atoms with E-state index in [0.29, 0.717) is 12.1 Å². The van der Waals surface area contributed by atoms with Crippen molar-refractivity contribution in [3.63, 3.8) is 0 Å². The molecule has 7 heteroatoms. The molecule has 100 valence electrons. The molecule has 0 aliphatic rings. The van der Waals surface area contributed by atoms with Crippen LogP contribution in [0.1, 0.15) is 18.9 Å². The van der Waals surface area contributed by atoms with E-state index in [1.54, 1.807) is 6.92 Å². The van der Waals surface area contributed by atoms with Gasteiger partial charge in [-0.05, 0) is 24.6 Å². The van der Waals surface area contributed by atoms with Crippen molar-refractivity contribution in [1.82, 2.24) is 0 Å². The summed E-state index contributed by atoms with van der Waals surface area (Å²) in [7, 11) is 0. The topological polar surface area (TPSA) is 52.3 Å². The molecule has 3 nitrogen and oxygen atoms in total. The molecular formula is C11H11F4NO2. The smallest absolute Gasteiger partial charge is 0.419 e. The Hall–Kier alpha value is -1.79. The highest BCUT2D eigenvalue weighted by atomic mass is 19.4. The molecular weight excluding hydrogens is 254 g/mol. The minimum Gasteiger partial charge on any atom is -0.481 e. The molecule has 1 unspecified atom stereocenters. The first-order chi connectivity index (χ1) is 8.25. The third kappa shape index (κ3) is 3.35. The van der Waals surface area contributed by atoms with Crippen molar-refractivity contribution < 1.29 is 27.1 Å². The number of carbonyl (C=O) groups is 1. The van der Waals surface area contributed by atoms with Gasteiger partial charge in [0, 0.05) is 0 Å². The molecule has 0 fully saturated rings. The summed E-state index contributed by atoms with van der Waals surface area (Å²) in [6.45, 7) is 1.59. The number of hydrogen-bond acceptors (Lipinski definition) is 2. The second kappa shape index (κ2) is 5.24. The Bertz CT molecular complexity index is 445. The molecule has 0 radical (unpaired) electrons. The largest absolute Gasteiger partial charge is 0.481 e. The van der Waals surface area contributed by atoms with Crippen molar-refractivity contribution in [2.24, 2.45) is 5.73 Å². The normalized spacial score (nSPS) is 13.2. The molecule has 0 spiro atoms. The first kappa shape index (κ1) is 14.3. The van der Waals surface area contributed by atoms with Crippen LogP contribution in [-0.4, -0.2) is 12.0 Å². The Labute approximate surface area is 101 Å². The lowest BCUT2D eigenvalue weighted by Gasteiger charge is -2.15. The summed E-state index contributed by atoms with van der Waals surface area (Å²) in [6, 6.07) is 2.14. The van der Waals surface area contributed by atoms with Gasteiger partial charge in [0.25, 0.3) is 5.91 Å². The van der Waals surface area contributed by atoms with E-state index >= 15 is 0 Å². The molecule has 1 aromatic carbocycles. The van der Waals surface area contributed by atoms with Crippen LogP contribution >= 0.6 is 0 Å². The van der Waals surface area contributed by atoms with Gasteiger partial charge >= 0.3 is 6.18 Å². The van der Waals surface area contributed by atoms with Crippen LogP contribution in [0.2, 0.25) is 0 Å². The van der Waals surface area contributed by atoms with Crippen LogP contribution in [0.25, 0.3) is 0 Å². The number of alkyl halides is 3. The van der Waals surface area contributed by atoms with E-state index in [0.717, 1.165) is 6.07 Å². The number of amides is 1. The van der Waals surface area contributed by atoms with E-state index in [-0.39, 0.29) is 12.2 Å². The lowest BCUT2D eigenvalue weighted by Crippen LogP contribution is -2.33. The second-order valence-electron chi connectivity index (χ2n) is 3.56. The molecule has 0 bridgehead atoms. The molecule has 0 aliphatic carbocycles. The highest BCUT2D eigenvalue weighted by Crippen LogP contribution is 2.33. The van der Waals surface area contributed by atoms with Crippen molar-refractivity contribution in [1.29, 1.82) is 0 Å². The van der Waals surface area contributed by atoms with Gasteiger partial charge < -0.3 is 10.5 Å². The Morgan fingerprint density at radius 3 is 2.50 bits per heavy atom. The average Bonchev–Trinajstić information content (AvgIpc) is 2.25. The van der Waals surface area contributed by atoms with E-state index < -0.39 is 29.6 Å². The summed E-state index contributed by atoms with van der Waals surface area (Å²) in [5.74, 6) is -2.45. The van der Waals surface area contributed by atoms with Crippen LogP contribution < -0.4 is 10.5 Å². The molecule has 1 aromatic rings. The number of ether oxygens (including phenoxy) is 1. The van der Waals surface area contributed by atoms with Crippen LogP contribution in [0, 0.1) is 5.82 Å². The van der Waals surface area contributed by atoms with Crippen LogP contribution in [0.4, 0.5) is 17.6 Å². The van der Waals surface area contributed by atoms with Crippen LogP contribution in [-0.2, 0) is 11.0 Å². The highest BCUT2D eigenvalue weighted by Gasteiger charge is 2.34. The van der Waals surface area contributed by atoms with Gasteiger partial charge in [0.05, 0.1) is 5.56 Å². The number of primary amides is 1. The Balaban J connectivity index is 3.02. The van der Waals surface area contributed by atoms with Gasteiger partial charge in [-0.3, -0.25) is 4.79 Å². The predicted octanol–water partition coefficient (Wildman–Crippen LogP) is 2.49. The minimum absolute atomic E-state index is 0.202. The van der Waals surface area contributed by atoms with Crippen LogP contribution in [0.5, 0.6) is 5.75 Å². The quantitative estimate of drug-likeness (QED) is 0.850. The number of benzene rings is 1. The highest BCUT2D eigenvalue weighted by molar-refractivity contribution is 5.79. The fraction of sp³-hybridized carbons (Fsp3) is 0.364. The summed E-state index contributed by atoms with van der Waals surface area (Å²) in [6.07, 6.45) is -5.66. The maximum atomic E-state index is 13.0. The van der Waals surface area contributed by atoms with Gasteiger partial charge in [-0.2, -0.15) is 13.2 Å². The number of rotatable bonds is 4. The maximum Gasteiger partial charge on any atom is 0.419 e. The van der Waals surface area contributed by atoms with Crippen molar-refractivity contribution in [2.45, 2.75) is 25.6 Å². The predicted molar refractivity (Wildman–Crippen MR) is 55.3 cm³/mol. The number of carbonyl (C=O) groups excluding carboxylic acids is 1. The van der Waals surface area contributed by atoms with Gasteiger partial charge in [0.1, 0.15) is 11.6 Å². The van der Waals surface area contributed by atoms with Crippen molar-refractivity contribution >= 4 is 5.91 Å². The Morgan fingerprint density at radius 1 is 1.44 bits per heavy atom. The third-order valence-electron chi connectivity index (χ3n) is 2.21. The fourth-order valence-corrected chi connectivity index (χ4v) is 1.30. The molecule has 1 amide bonds. The molecule has 0 saturated carbocycles. The molecule has 0 aliphatic heterocycles. The average molecular weight is 265 g/mol. The summed E-state index contributed by atoms with van der Waals surface area (Å²) < 4.78 is 55.2. The van der Waals surface area contributed by atoms with Gasteiger partial charge in [-0.15, -0.1) is 0 Å². The van der Waals surface area contributed by atoms with E-state index in [4.69, 9.17) is 10.5 Å². The molecule has 0 aromatic heterocycles. The minimum atomic E-state index is -4.82. The van der Waals surface area contributed by atoms with Crippen molar-refractivity contribution in [2.75, 3.05) is 0 Å². The molecule has 2 N–H and O–H groups in total. The van der Waals surface area contributed by atoms with E-state index in [1.807, 2.05) is 0 Å².